The summed E-state index contributed by atoms with van der Waals surface area (Å²) in [6.07, 6.45) is 8.90. The van der Waals surface area contributed by atoms with E-state index < -0.39 is 10.1 Å². The highest BCUT2D eigenvalue weighted by atomic mass is 35.5. The van der Waals surface area contributed by atoms with Crippen molar-refractivity contribution in [1.82, 2.24) is 5.32 Å². The topological polar surface area (TPSA) is 81.7 Å². The van der Waals surface area contributed by atoms with Crippen molar-refractivity contribution >= 4 is 27.6 Å². The first-order valence-electron chi connectivity index (χ1n) is 10.7. The molecule has 1 aromatic carbocycles. The first-order chi connectivity index (χ1) is 14.2. The molecular weight excluding hydrogens is 426 g/mol. The lowest BCUT2D eigenvalue weighted by Crippen LogP contribution is -2.51. The molecule has 4 bridgehead atoms. The highest BCUT2D eigenvalue weighted by Crippen LogP contribution is 2.59. The third-order valence-electron chi connectivity index (χ3n) is 6.86. The summed E-state index contributed by atoms with van der Waals surface area (Å²) in [6, 6.07) is 5.25. The molecule has 8 heteroatoms. The summed E-state index contributed by atoms with van der Waals surface area (Å²) in [5.41, 5.74) is 1.53. The maximum absolute atomic E-state index is 12.9. The molecule has 0 heterocycles. The van der Waals surface area contributed by atoms with Gasteiger partial charge in [-0.25, -0.2) is 0 Å². The van der Waals surface area contributed by atoms with Crippen LogP contribution in [0.2, 0.25) is 5.02 Å². The maximum Gasteiger partial charge on any atom is 0.264 e. The Morgan fingerprint density at radius 2 is 1.77 bits per heavy atom. The Kier molecular flexibility index (Phi) is 6.45. The number of nitrogens with one attached hydrogen (secondary N) is 1. The minimum atomic E-state index is -3.47. The van der Waals surface area contributed by atoms with Crippen molar-refractivity contribution in [2.45, 2.75) is 45.1 Å². The lowest BCUT2D eigenvalue weighted by Gasteiger charge is -2.56. The van der Waals surface area contributed by atoms with Crippen molar-refractivity contribution in [3.05, 3.63) is 34.3 Å². The van der Waals surface area contributed by atoms with Crippen LogP contribution in [0.4, 0.5) is 0 Å². The van der Waals surface area contributed by atoms with Gasteiger partial charge in [-0.15, -0.1) is 0 Å². The predicted octanol–water partition coefficient (Wildman–Crippen LogP) is 3.78. The fourth-order valence-electron chi connectivity index (χ4n) is 6.14. The maximum atomic E-state index is 12.9. The number of rotatable bonds is 9. The number of ether oxygens (including phenoxy) is 1. The normalized spacial score (nSPS) is 29.9. The Labute approximate surface area is 183 Å². The summed E-state index contributed by atoms with van der Waals surface area (Å²) in [4.78, 5) is 12.9. The van der Waals surface area contributed by atoms with Gasteiger partial charge in [0.15, 0.2) is 0 Å². The van der Waals surface area contributed by atoms with Gasteiger partial charge >= 0.3 is 0 Å². The van der Waals surface area contributed by atoms with Crippen LogP contribution in [0.15, 0.2) is 18.2 Å². The first-order valence-corrected chi connectivity index (χ1v) is 12.9. The smallest absolute Gasteiger partial charge is 0.264 e. The van der Waals surface area contributed by atoms with Gasteiger partial charge in [0.1, 0.15) is 0 Å². The van der Waals surface area contributed by atoms with Crippen LogP contribution in [0.1, 0.15) is 54.4 Å². The molecule has 1 aromatic rings. The van der Waals surface area contributed by atoms with Gasteiger partial charge in [-0.2, -0.15) is 8.42 Å². The average molecular weight is 456 g/mol. The van der Waals surface area contributed by atoms with Crippen molar-refractivity contribution in [1.29, 1.82) is 0 Å². The Morgan fingerprint density at radius 1 is 1.13 bits per heavy atom. The van der Waals surface area contributed by atoms with Gasteiger partial charge in [0.25, 0.3) is 16.0 Å². The second-order valence-electron chi connectivity index (χ2n) is 9.49. The SMILES string of the molecule is CS(=O)(=O)OCCOCc1ccc(Cl)c(C(=O)NCC23CC4CC(CC(C4)C2)C3)c1. The number of benzene rings is 1. The summed E-state index contributed by atoms with van der Waals surface area (Å²) in [6.45, 7) is 1.09. The third kappa shape index (κ3) is 5.36. The molecule has 0 saturated heterocycles. The van der Waals surface area contributed by atoms with Gasteiger partial charge in [-0.1, -0.05) is 17.7 Å². The van der Waals surface area contributed by atoms with E-state index in [-0.39, 0.29) is 31.1 Å². The quantitative estimate of drug-likeness (QED) is 0.452. The molecule has 6 nitrogen and oxygen atoms in total. The first kappa shape index (κ1) is 22.1. The molecule has 30 heavy (non-hydrogen) atoms. The average Bonchev–Trinajstić information content (AvgIpc) is 2.65. The van der Waals surface area contributed by atoms with Crippen LogP contribution in [0.25, 0.3) is 0 Å². The lowest BCUT2D eigenvalue weighted by atomic mass is 9.49. The van der Waals surface area contributed by atoms with E-state index in [1.165, 1.54) is 38.5 Å². The van der Waals surface area contributed by atoms with Crippen molar-refractivity contribution in [2.24, 2.45) is 23.2 Å². The fraction of sp³-hybridized carbons (Fsp3) is 0.682. The lowest BCUT2D eigenvalue weighted by molar-refractivity contribution is -0.0503. The number of halogens is 1. The van der Waals surface area contributed by atoms with Crippen molar-refractivity contribution in [3.63, 3.8) is 0 Å². The Bertz CT molecular complexity index is 866. The Morgan fingerprint density at radius 3 is 2.37 bits per heavy atom. The van der Waals surface area contributed by atoms with Crippen molar-refractivity contribution in [2.75, 3.05) is 26.0 Å². The minimum absolute atomic E-state index is 0.0369. The predicted molar refractivity (Wildman–Crippen MR) is 115 cm³/mol. The molecule has 0 unspecified atom stereocenters. The van der Waals surface area contributed by atoms with Gasteiger partial charge in [0.05, 0.1) is 36.7 Å². The summed E-state index contributed by atoms with van der Waals surface area (Å²) in [7, 11) is -3.47. The van der Waals surface area contributed by atoms with Crippen LogP contribution in [-0.4, -0.2) is 40.3 Å². The molecule has 4 saturated carbocycles. The molecule has 166 valence electrons. The zero-order valence-electron chi connectivity index (χ0n) is 17.4. The number of amides is 1. The van der Waals surface area contributed by atoms with E-state index in [9.17, 15) is 13.2 Å². The van der Waals surface area contributed by atoms with E-state index in [1.807, 2.05) is 0 Å². The van der Waals surface area contributed by atoms with E-state index in [4.69, 9.17) is 16.3 Å². The van der Waals surface area contributed by atoms with E-state index >= 15 is 0 Å². The molecule has 0 aromatic heterocycles. The second kappa shape index (κ2) is 8.77. The largest absolute Gasteiger partial charge is 0.374 e. The van der Waals surface area contributed by atoms with Crippen LogP contribution < -0.4 is 5.32 Å². The van der Waals surface area contributed by atoms with Crippen LogP contribution >= 0.6 is 11.6 Å². The zero-order chi connectivity index (χ0) is 21.4. The van der Waals surface area contributed by atoms with Crippen molar-refractivity contribution in [3.8, 4) is 0 Å². The number of carbonyl (C=O) groups is 1. The van der Waals surface area contributed by atoms with Gasteiger partial charge in [-0.05, 0) is 79.4 Å². The molecule has 5 rings (SSSR count). The highest BCUT2D eigenvalue weighted by Gasteiger charge is 2.50. The van der Waals surface area contributed by atoms with Crippen LogP contribution in [0, 0.1) is 23.2 Å². The Hall–Kier alpha value is -1.15. The summed E-state index contributed by atoms with van der Waals surface area (Å²) in [5, 5.41) is 3.58. The zero-order valence-corrected chi connectivity index (χ0v) is 18.9. The summed E-state index contributed by atoms with van der Waals surface area (Å²) in [5.74, 6) is 2.41. The van der Waals surface area contributed by atoms with Gasteiger partial charge in [0.2, 0.25) is 0 Å². The van der Waals surface area contributed by atoms with Crippen LogP contribution in [-0.2, 0) is 25.6 Å². The van der Waals surface area contributed by atoms with E-state index in [2.05, 4.69) is 9.50 Å². The van der Waals surface area contributed by atoms with Crippen molar-refractivity contribution < 1.29 is 22.1 Å². The number of hydrogen-bond acceptors (Lipinski definition) is 5. The molecule has 0 atom stereocenters. The molecule has 4 fully saturated rings. The monoisotopic (exact) mass is 455 g/mol. The fourth-order valence-corrected chi connectivity index (χ4v) is 6.71. The highest BCUT2D eigenvalue weighted by molar-refractivity contribution is 7.85. The molecular formula is C22H30ClNO5S. The summed E-state index contributed by atoms with van der Waals surface area (Å²) >= 11 is 6.29. The molecule has 0 spiro atoms. The van der Waals surface area contributed by atoms with Gasteiger partial charge < -0.3 is 10.1 Å². The second-order valence-corrected chi connectivity index (χ2v) is 11.5. The van der Waals surface area contributed by atoms with Gasteiger partial charge in [0, 0.05) is 6.54 Å². The molecule has 4 aliphatic carbocycles. The standard InChI is InChI=1S/C22H30ClNO5S/c1-30(26,27)29-5-4-28-13-15-2-3-20(23)19(9-15)21(25)24-14-22-10-16-6-17(11-22)8-18(7-16)12-22/h2-3,9,16-18H,4-8,10-14H2,1H3,(H,24,25). The molecule has 4 aliphatic rings. The minimum Gasteiger partial charge on any atom is -0.374 e. The molecule has 0 aliphatic heterocycles. The number of carbonyl (C=O) groups excluding carboxylic acids is 1. The van der Waals surface area contributed by atoms with E-state index in [0.29, 0.717) is 10.6 Å². The van der Waals surface area contributed by atoms with E-state index in [1.54, 1.807) is 18.2 Å². The Balaban J connectivity index is 1.31. The number of hydrogen-bond donors (Lipinski definition) is 1. The van der Waals surface area contributed by atoms with Crippen LogP contribution in [0.3, 0.4) is 0 Å². The van der Waals surface area contributed by atoms with Gasteiger partial charge in [-0.3, -0.25) is 8.98 Å². The van der Waals surface area contributed by atoms with Crippen LogP contribution in [0.5, 0.6) is 0 Å². The third-order valence-corrected chi connectivity index (χ3v) is 7.78. The molecule has 1 N–H and O–H groups in total. The van der Waals surface area contributed by atoms with E-state index in [0.717, 1.165) is 36.1 Å². The summed E-state index contributed by atoms with van der Waals surface area (Å²) < 4.78 is 32.0. The molecule has 0 radical (unpaired) electrons. The molecule has 1 amide bonds.